The molecule has 0 saturated carbocycles. The van der Waals surface area contributed by atoms with Crippen LogP contribution in [0.15, 0.2) is 53.4 Å². The third-order valence-electron chi connectivity index (χ3n) is 5.35. The average molecular weight is 423 g/mol. The second-order valence-corrected chi connectivity index (χ2v) is 8.74. The van der Waals surface area contributed by atoms with Gasteiger partial charge in [-0.1, -0.05) is 18.2 Å². The van der Waals surface area contributed by atoms with Gasteiger partial charge >= 0.3 is 0 Å². The second-order valence-electron chi connectivity index (χ2n) is 7.21. The molecule has 0 aliphatic carbocycles. The molecule has 1 fully saturated rings. The minimum Gasteiger partial charge on any atom is -0.378 e. The number of sulfonamides is 1. The number of anilines is 1. The highest BCUT2D eigenvalue weighted by Crippen LogP contribution is 2.29. The van der Waals surface area contributed by atoms with Gasteiger partial charge in [0.15, 0.2) is 4.91 Å². The fourth-order valence-electron chi connectivity index (χ4n) is 3.68. The number of nitriles is 1. The summed E-state index contributed by atoms with van der Waals surface area (Å²) >= 11 is 0. The van der Waals surface area contributed by atoms with Crippen LogP contribution in [0.3, 0.4) is 0 Å². The van der Waals surface area contributed by atoms with Crippen molar-refractivity contribution in [2.45, 2.75) is 0 Å². The van der Waals surface area contributed by atoms with E-state index in [1.807, 2.05) is 23.7 Å². The van der Waals surface area contributed by atoms with Crippen molar-refractivity contribution in [2.24, 2.45) is 12.2 Å². The summed E-state index contributed by atoms with van der Waals surface area (Å²) in [4.78, 5) is 1.86. The Hall–Kier alpha value is -3.12. The van der Waals surface area contributed by atoms with Gasteiger partial charge in [0.1, 0.15) is 6.07 Å². The zero-order chi connectivity index (χ0) is 21.3. The maximum absolute atomic E-state index is 11.5. The minimum atomic E-state index is -4.05. The molecule has 0 spiro atoms. The number of nitrogens with zero attached hydrogens (tertiary/aromatic N) is 3. The van der Waals surface area contributed by atoms with Gasteiger partial charge < -0.3 is 14.2 Å². The number of hydrogen-bond donors (Lipinski definition) is 1. The van der Waals surface area contributed by atoms with Crippen LogP contribution < -0.4 is 10.0 Å². The maximum Gasteiger partial charge on any atom is 0.248 e. The fourth-order valence-corrected chi connectivity index (χ4v) is 4.10. The molecule has 0 bridgehead atoms. The lowest BCUT2D eigenvalue weighted by molar-refractivity contribution is 0.122. The first-order valence-electron chi connectivity index (χ1n) is 9.54. The SMILES string of the molecule is Cn1c(C=C(C#N)S(N)(=O)=O)ccc1-c1ccc2cc(N3CCOCC3)ccc2c1. The molecule has 2 N–H and O–H groups in total. The van der Waals surface area contributed by atoms with E-state index in [2.05, 4.69) is 35.2 Å². The Labute approximate surface area is 175 Å². The Morgan fingerprint density at radius 2 is 1.80 bits per heavy atom. The molecule has 8 heteroatoms. The first kappa shape index (κ1) is 20.2. The third-order valence-corrected chi connectivity index (χ3v) is 6.17. The van der Waals surface area contributed by atoms with E-state index in [-0.39, 0.29) is 0 Å². The van der Waals surface area contributed by atoms with Gasteiger partial charge in [-0.05, 0) is 52.7 Å². The third kappa shape index (κ3) is 3.96. The van der Waals surface area contributed by atoms with Crippen LogP contribution in [0, 0.1) is 11.3 Å². The van der Waals surface area contributed by atoms with E-state index in [1.54, 1.807) is 12.1 Å². The van der Waals surface area contributed by atoms with E-state index >= 15 is 0 Å². The Morgan fingerprint density at radius 1 is 1.10 bits per heavy atom. The zero-order valence-electron chi connectivity index (χ0n) is 16.6. The van der Waals surface area contributed by atoms with Crippen LogP contribution in [-0.2, 0) is 21.8 Å². The predicted molar refractivity (Wildman–Crippen MR) is 118 cm³/mol. The van der Waals surface area contributed by atoms with Crippen LogP contribution in [0.4, 0.5) is 5.69 Å². The molecule has 30 heavy (non-hydrogen) atoms. The van der Waals surface area contributed by atoms with Crippen molar-refractivity contribution in [3.05, 3.63) is 59.1 Å². The largest absolute Gasteiger partial charge is 0.378 e. The molecule has 0 radical (unpaired) electrons. The fraction of sp³-hybridized carbons (Fsp3) is 0.227. The summed E-state index contributed by atoms with van der Waals surface area (Å²) in [5, 5.41) is 16.4. The van der Waals surface area contributed by atoms with Crippen molar-refractivity contribution in [1.29, 1.82) is 5.26 Å². The second kappa shape index (κ2) is 7.95. The molecule has 2 aromatic carbocycles. The Morgan fingerprint density at radius 3 is 2.50 bits per heavy atom. The van der Waals surface area contributed by atoms with Gasteiger partial charge in [-0.15, -0.1) is 0 Å². The molecular formula is C22H22N4O3S. The van der Waals surface area contributed by atoms with Gasteiger partial charge in [0, 0.05) is 37.2 Å². The lowest BCUT2D eigenvalue weighted by Gasteiger charge is -2.29. The standard InChI is InChI=1S/C22H22N4O3S/c1-25-19(14-21(15-23)30(24,27)28)6-7-22(25)18-3-2-17-13-20(5-4-16(17)12-18)26-8-10-29-11-9-26/h2-7,12-14H,8-11H2,1H3,(H2,24,27,28). The van der Waals surface area contributed by atoms with E-state index in [1.165, 1.54) is 11.8 Å². The summed E-state index contributed by atoms with van der Waals surface area (Å²) in [6.07, 6.45) is 1.29. The van der Waals surface area contributed by atoms with Gasteiger partial charge in [0.05, 0.1) is 13.2 Å². The molecular weight excluding hydrogens is 400 g/mol. The molecule has 4 rings (SSSR count). The summed E-state index contributed by atoms with van der Waals surface area (Å²) in [5.74, 6) is 0. The minimum absolute atomic E-state index is 0.468. The number of morpholine rings is 1. The Balaban J connectivity index is 1.68. The number of nitrogens with two attached hydrogens (primary N) is 1. The Bertz CT molecular complexity index is 1280. The number of aromatic nitrogens is 1. The molecule has 0 unspecified atom stereocenters. The molecule has 2 heterocycles. The van der Waals surface area contributed by atoms with E-state index in [4.69, 9.17) is 15.1 Å². The van der Waals surface area contributed by atoms with Crippen molar-refractivity contribution in [2.75, 3.05) is 31.2 Å². The van der Waals surface area contributed by atoms with Crippen LogP contribution in [0.5, 0.6) is 0 Å². The molecule has 1 aliphatic rings. The van der Waals surface area contributed by atoms with Crippen LogP contribution in [0.1, 0.15) is 5.69 Å². The van der Waals surface area contributed by atoms with Crippen molar-refractivity contribution in [3.8, 4) is 17.3 Å². The molecule has 0 amide bonds. The quantitative estimate of drug-likeness (QED) is 0.652. The van der Waals surface area contributed by atoms with Gasteiger partial charge in [-0.25, -0.2) is 13.6 Å². The number of ether oxygens (including phenoxy) is 1. The monoisotopic (exact) mass is 422 g/mol. The highest BCUT2D eigenvalue weighted by atomic mass is 32.2. The number of hydrogen-bond acceptors (Lipinski definition) is 5. The first-order chi connectivity index (χ1) is 14.4. The topological polar surface area (TPSA) is 101 Å². The number of benzene rings is 2. The van der Waals surface area contributed by atoms with Gasteiger partial charge in [-0.3, -0.25) is 0 Å². The van der Waals surface area contributed by atoms with Crippen LogP contribution in [-0.4, -0.2) is 39.3 Å². The molecule has 154 valence electrons. The summed E-state index contributed by atoms with van der Waals surface area (Å²) in [7, 11) is -2.23. The summed E-state index contributed by atoms with van der Waals surface area (Å²) in [6, 6.07) is 18.0. The molecule has 7 nitrogen and oxygen atoms in total. The van der Waals surface area contributed by atoms with E-state index < -0.39 is 14.9 Å². The lowest BCUT2D eigenvalue weighted by atomic mass is 10.0. The predicted octanol–water partition coefficient (Wildman–Crippen LogP) is 2.83. The van der Waals surface area contributed by atoms with Crippen LogP contribution >= 0.6 is 0 Å². The molecule has 1 saturated heterocycles. The summed E-state index contributed by atoms with van der Waals surface area (Å²) < 4.78 is 30.3. The summed E-state index contributed by atoms with van der Waals surface area (Å²) in [6.45, 7) is 3.29. The summed E-state index contributed by atoms with van der Waals surface area (Å²) in [5.41, 5.74) is 3.68. The zero-order valence-corrected chi connectivity index (χ0v) is 17.4. The van der Waals surface area contributed by atoms with E-state index in [0.29, 0.717) is 5.69 Å². The maximum atomic E-state index is 11.5. The van der Waals surface area contributed by atoms with Gasteiger partial charge in [-0.2, -0.15) is 5.26 Å². The van der Waals surface area contributed by atoms with Gasteiger partial charge in [0.2, 0.25) is 10.0 Å². The molecule has 3 aromatic rings. The Kier molecular flexibility index (Phi) is 5.35. The highest BCUT2D eigenvalue weighted by molar-refractivity contribution is 7.93. The average Bonchev–Trinajstić information content (AvgIpc) is 3.11. The highest BCUT2D eigenvalue weighted by Gasteiger charge is 2.14. The van der Waals surface area contributed by atoms with Crippen LogP contribution in [0.25, 0.3) is 28.1 Å². The smallest absolute Gasteiger partial charge is 0.248 e. The number of allylic oxidation sites excluding steroid dienone is 1. The van der Waals surface area contributed by atoms with Crippen molar-refractivity contribution >= 4 is 32.6 Å². The number of rotatable bonds is 4. The van der Waals surface area contributed by atoms with Crippen molar-refractivity contribution < 1.29 is 13.2 Å². The van der Waals surface area contributed by atoms with Crippen molar-refractivity contribution in [1.82, 2.24) is 4.57 Å². The molecule has 1 aromatic heterocycles. The van der Waals surface area contributed by atoms with E-state index in [9.17, 15) is 8.42 Å². The number of primary sulfonamides is 1. The molecule has 1 aliphatic heterocycles. The lowest BCUT2D eigenvalue weighted by Crippen LogP contribution is -2.36. The van der Waals surface area contributed by atoms with Gasteiger partial charge in [0.25, 0.3) is 0 Å². The molecule has 0 atom stereocenters. The van der Waals surface area contributed by atoms with E-state index in [0.717, 1.165) is 48.3 Å². The first-order valence-corrected chi connectivity index (χ1v) is 11.1. The normalized spacial score (nSPS) is 15.4. The van der Waals surface area contributed by atoms with Crippen LogP contribution in [0.2, 0.25) is 0 Å². The number of fused-ring (bicyclic) bond motifs is 1. The van der Waals surface area contributed by atoms with Crippen molar-refractivity contribution in [3.63, 3.8) is 0 Å².